The van der Waals surface area contributed by atoms with Crippen molar-refractivity contribution in [3.05, 3.63) is 48.9 Å². The second-order valence-corrected chi connectivity index (χ2v) is 3.64. The Morgan fingerprint density at radius 2 is 1.83 bits per heavy atom. The summed E-state index contributed by atoms with van der Waals surface area (Å²) in [5.74, 6) is 0.0733. The maximum Gasteiger partial charge on any atom is 0.181 e. The van der Waals surface area contributed by atoms with Gasteiger partial charge in [-0.25, -0.2) is 4.98 Å². The standard InChI is InChI=1S/C7H5NO.C6H8N2O/c1-2-4-7-6(3-1)8-5-9-7;7-4-1-2-6(9)5(8)3-4/h1-5H;1-3,9H,7-8H2. The molecule has 2 aromatic carbocycles. The molecule has 0 radical (unpaired) electrons. The molecule has 0 aliphatic carbocycles. The Morgan fingerprint density at radius 3 is 2.50 bits per heavy atom. The minimum Gasteiger partial charge on any atom is -0.506 e. The number of nitrogens with two attached hydrogens (primary N) is 2. The average molecular weight is 243 g/mol. The Labute approximate surface area is 104 Å². The van der Waals surface area contributed by atoms with Gasteiger partial charge in [0.25, 0.3) is 0 Å². The summed E-state index contributed by atoms with van der Waals surface area (Å²) in [6, 6.07) is 12.2. The quantitative estimate of drug-likeness (QED) is 0.320. The molecule has 18 heavy (non-hydrogen) atoms. The maximum absolute atomic E-state index is 8.86. The number of rotatable bonds is 0. The lowest BCUT2D eigenvalue weighted by atomic mass is 10.3. The highest BCUT2D eigenvalue weighted by Crippen LogP contribution is 2.20. The minimum absolute atomic E-state index is 0.0733. The molecule has 3 rings (SSSR count). The summed E-state index contributed by atoms with van der Waals surface area (Å²) >= 11 is 0. The van der Waals surface area contributed by atoms with Crippen LogP contribution in [0, 0.1) is 0 Å². The molecule has 5 N–H and O–H groups in total. The number of hydrogen-bond donors (Lipinski definition) is 3. The molecule has 0 aliphatic rings. The summed E-state index contributed by atoms with van der Waals surface area (Å²) in [6.45, 7) is 0. The van der Waals surface area contributed by atoms with Crippen molar-refractivity contribution in [2.75, 3.05) is 11.5 Å². The molecular formula is C13H13N3O2. The molecular weight excluding hydrogens is 230 g/mol. The fourth-order valence-electron chi connectivity index (χ4n) is 1.38. The van der Waals surface area contributed by atoms with Crippen LogP contribution in [-0.2, 0) is 0 Å². The molecule has 5 heteroatoms. The summed E-state index contributed by atoms with van der Waals surface area (Å²) in [6.07, 6.45) is 1.45. The van der Waals surface area contributed by atoms with Crippen LogP contribution in [0.2, 0.25) is 0 Å². The SMILES string of the molecule is Nc1ccc(O)c(N)c1.c1ccc2ocnc2c1. The van der Waals surface area contributed by atoms with Gasteiger partial charge >= 0.3 is 0 Å². The summed E-state index contributed by atoms with van der Waals surface area (Å²) in [7, 11) is 0. The second kappa shape index (κ2) is 5.09. The van der Waals surface area contributed by atoms with Crippen LogP contribution in [0.4, 0.5) is 11.4 Å². The van der Waals surface area contributed by atoms with Gasteiger partial charge in [-0.3, -0.25) is 0 Å². The van der Waals surface area contributed by atoms with Crippen molar-refractivity contribution in [1.82, 2.24) is 4.98 Å². The van der Waals surface area contributed by atoms with E-state index in [1.807, 2.05) is 24.3 Å². The van der Waals surface area contributed by atoms with Gasteiger partial charge < -0.3 is 21.0 Å². The number of nitrogens with zero attached hydrogens (tertiary/aromatic N) is 1. The molecule has 0 atom stereocenters. The molecule has 3 aromatic rings. The van der Waals surface area contributed by atoms with E-state index in [-0.39, 0.29) is 5.75 Å². The largest absolute Gasteiger partial charge is 0.506 e. The number of para-hydroxylation sites is 2. The van der Waals surface area contributed by atoms with Crippen LogP contribution in [-0.4, -0.2) is 10.1 Å². The molecule has 0 bridgehead atoms. The van der Waals surface area contributed by atoms with Crippen LogP contribution in [0.1, 0.15) is 0 Å². The number of phenols is 1. The van der Waals surface area contributed by atoms with Gasteiger partial charge in [0.1, 0.15) is 11.3 Å². The van der Waals surface area contributed by atoms with E-state index in [0.29, 0.717) is 11.4 Å². The number of aromatic hydroxyl groups is 1. The molecule has 5 nitrogen and oxygen atoms in total. The van der Waals surface area contributed by atoms with Gasteiger partial charge in [0, 0.05) is 5.69 Å². The van der Waals surface area contributed by atoms with Crippen LogP contribution in [0.15, 0.2) is 53.3 Å². The van der Waals surface area contributed by atoms with Gasteiger partial charge in [0.2, 0.25) is 0 Å². The van der Waals surface area contributed by atoms with Crippen molar-refractivity contribution >= 4 is 22.5 Å². The number of phenolic OH excluding ortho intramolecular Hbond substituents is 1. The number of fused-ring (bicyclic) bond motifs is 1. The van der Waals surface area contributed by atoms with Gasteiger partial charge in [0.05, 0.1) is 5.69 Å². The van der Waals surface area contributed by atoms with Gasteiger partial charge in [-0.15, -0.1) is 0 Å². The number of benzene rings is 2. The zero-order valence-electron chi connectivity index (χ0n) is 9.58. The Hall–Kier alpha value is -2.69. The average Bonchev–Trinajstić information content (AvgIpc) is 2.83. The Bertz CT molecular complexity index is 619. The van der Waals surface area contributed by atoms with Crippen molar-refractivity contribution in [1.29, 1.82) is 0 Å². The predicted molar refractivity (Wildman–Crippen MR) is 70.9 cm³/mol. The van der Waals surface area contributed by atoms with Crippen LogP contribution < -0.4 is 11.5 Å². The molecule has 0 saturated heterocycles. The Balaban J connectivity index is 0.000000134. The van der Waals surface area contributed by atoms with Crippen molar-refractivity contribution in [3.8, 4) is 5.75 Å². The maximum atomic E-state index is 8.86. The van der Waals surface area contributed by atoms with E-state index in [1.54, 1.807) is 6.07 Å². The number of aromatic nitrogens is 1. The van der Waals surface area contributed by atoms with Gasteiger partial charge in [-0.2, -0.15) is 0 Å². The lowest BCUT2D eigenvalue weighted by Crippen LogP contribution is -1.88. The van der Waals surface area contributed by atoms with E-state index in [4.69, 9.17) is 21.0 Å². The fraction of sp³-hybridized carbons (Fsp3) is 0. The van der Waals surface area contributed by atoms with Crippen molar-refractivity contribution in [2.45, 2.75) is 0 Å². The van der Waals surface area contributed by atoms with Gasteiger partial charge in [-0.1, -0.05) is 12.1 Å². The first-order valence-electron chi connectivity index (χ1n) is 5.29. The molecule has 0 unspecified atom stereocenters. The van der Waals surface area contributed by atoms with Crippen LogP contribution >= 0.6 is 0 Å². The van der Waals surface area contributed by atoms with E-state index in [9.17, 15) is 0 Å². The highest BCUT2D eigenvalue weighted by molar-refractivity contribution is 5.71. The summed E-state index contributed by atoms with van der Waals surface area (Å²) in [5.41, 5.74) is 13.3. The van der Waals surface area contributed by atoms with Crippen LogP contribution in [0.5, 0.6) is 5.75 Å². The molecule has 1 heterocycles. The molecule has 0 spiro atoms. The number of oxazole rings is 1. The first-order valence-corrected chi connectivity index (χ1v) is 5.29. The lowest BCUT2D eigenvalue weighted by molar-refractivity contribution is 0.478. The molecule has 0 amide bonds. The minimum atomic E-state index is 0.0733. The predicted octanol–water partition coefficient (Wildman–Crippen LogP) is 2.38. The molecule has 0 aliphatic heterocycles. The van der Waals surface area contributed by atoms with E-state index >= 15 is 0 Å². The second-order valence-electron chi connectivity index (χ2n) is 3.64. The topological polar surface area (TPSA) is 98.3 Å². The van der Waals surface area contributed by atoms with Gasteiger partial charge in [0.15, 0.2) is 12.0 Å². The number of hydrogen-bond acceptors (Lipinski definition) is 5. The molecule has 0 saturated carbocycles. The number of anilines is 2. The molecule has 0 fully saturated rings. The highest BCUT2D eigenvalue weighted by Gasteiger charge is 1.93. The third-order valence-electron chi connectivity index (χ3n) is 2.29. The van der Waals surface area contributed by atoms with Crippen molar-refractivity contribution in [3.63, 3.8) is 0 Å². The lowest BCUT2D eigenvalue weighted by Gasteiger charge is -1.97. The van der Waals surface area contributed by atoms with Crippen molar-refractivity contribution < 1.29 is 9.52 Å². The van der Waals surface area contributed by atoms with E-state index in [0.717, 1.165) is 11.1 Å². The van der Waals surface area contributed by atoms with Gasteiger partial charge in [-0.05, 0) is 30.3 Å². The third-order valence-corrected chi connectivity index (χ3v) is 2.29. The fourth-order valence-corrected chi connectivity index (χ4v) is 1.38. The zero-order valence-corrected chi connectivity index (χ0v) is 9.58. The first-order chi connectivity index (χ1) is 8.66. The van der Waals surface area contributed by atoms with Crippen LogP contribution in [0.25, 0.3) is 11.1 Å². The normalized spacial score (nSPS) is 9.78. The number of nitrogen functional groups attached to an aromatic ring is 2. The Kier molecular flexibility index (Phi) is 3.33. The summed E-state index contributed by atoms with van der Waals surface area (Å²) in [4.78, 5) is 3.95. The van der Waals surface area contributed by atoms with E-state index in [1.165, 1.54) is 18.5 Å². The van der Waals surface area contributed by atoms with Crippen LogP contribution in [0.3, 0.4) is 0 Å². The van der Waals surface area contributed by atoms with E-state index in [2.05, 4.69) is 4.98 Å². The summed E-state index contributed by atoms with van der Waals surface area (Å²) < 4.78 is 5.01. The van der Waals surface area contributed by atoms with E-state index < -0.39 is 0 Å². The monoisotopic (exact) mass is 243 g/mol. The van der Waals surface area contributed by atoms with Crippen molar-refractivity contribution in [2.24, 2.45) is 0 Å². The smallest absolute Gasteiger partial charge is 0.181 e. The molecule has 92 valence electrons. The highest BCUT2D eigenvalue weighted by atomic mass is 16.3. The first kappa shape index (κ1) is 11.8. The molecule has 1 aromatic heterocycles. The summed E-state index contributed by atoms with van der Waals surface area (Å²) in [5, 5.41) is 8.86. The third kappa shape index (κ3) is 2.70. The Morgan fingerprint density at radius 1 is 1.06 bits per heavy atom. The zero-order chi connectivity index (χ0) is 13.0.